The summed E-state index contributed by atoms with van der Waals surface area (Å²) in [7, 11) is 0. The third kappa shape index (κ3) is 6.61. The summed E-state index contributed by atoms with van der Waals surface area (Å²) in [4.78, 5) is 0. The summed E-state index contributed by atoms with van der Waals surface area (Å²) in [5.74, 6) is 0. The van der Waals surface area contributed by atoms with E-state index in [1.54, 1.807) is 6.92 Å². The van der Waals surface area contributed by atoms with E-state index in [0.717, 1.165) is 5.48 Å². The maximum Gasteiger partial charge on any atom is 0.0951 e. The van der Waals surface area contributed by atoms with E-state index in [2.05, 4.69) is 0 Å². The second-order valence-electron chi connectivity index (χ2n) is 1.35. The standard InChI is InChI=1S/C3H10N2O.HI/c1-3(2-4)5-6;/h3H,2,4-5H2,1H3;1H/p-1. The van der Waals surface area contributed by atoms with Crippen molar-refractivity contribution < 1.29 is 29.5 Å². The first-order valence-electron chi connectivity index (χ1n) is 1.96. The first kappa shape index (κ1) is 10.6. The van der Waals surface area contributed by atoms with E-state index in [9.17, 15) is 5.21 Å². The van der Waals surface area contributed by atoms with Crippen LogP contribution in [-0.4, -0.2) is 12.6 Å². The molecular formula is C3H10IN2O-. The van der Waals surface area contributed by atoms with Gasteiger partial charge >= 0.3 is 0 Å². The minimum absolute atomic E-state index is 0. The molecule has 0 heterocycles. The van der Waals surface area contributed by atoms with Gasteiger partial charge in [-0.05, 0) is 6.92 Å². The highest BCUT2D eigenvalue weighted by Crippen LogP contribution is 1.57. The van der Waals surface area contributed by atoms with Crippen molar-refractivity contribution in [2.24, 2.45) is 5.73 Å². The summed E-state index contributed by atoms with van der Waals surface area (Å²) in [6.07, 6.45) is 0. The van der Waals surface area contributed by atoms with Crippen LogP contribution < -0.4 is 35.2 Å². The summed E-state index contributed by atoms with van der Waals surface area (Å²) in [6.45, 7) is 2.25. The number of halogens is 1. The van der Waals surface area contributed by atoms with Crippen LogP contribution in [0.25, 0.3) is 0 Å². The molecular weight excluding hydrogens is 207 g/mol. The molecule has 1 atom stereocenters. The molecule has 0 saturated carbocycles. The van der Waals surface area contributed by atoms with Gasteiger partial charge in [-0.3, -0.25) is 0 Å². The second-order valence-corrected chi connectivity index (χ2v) is 1.35. The Balaban J connectivity index is 0. The molecule has 0 aliphatic rings. The Kier molecular flexibility index (Phi) is 9.98. The number of nitrogens with two attached hydrogens (primary N) is 2. The molecule has 0 spiro atoms. The molecule has 0 aromatic carbocycles. The second kappa shape index (κ2) is 6.61. The van der Waals surface area contributed by atoms with Crippen LogP contribution >= 0.6 is 0 Å². The summed E-state index contributed by atoms with van der Waals surface area (Å²) in [5, 5.41) is 9.66. The number of hydrogen-bond acceptors (Lipinski definition) is 2. The first-order valence-corrected chi connectivity index (χ1v) is 1.96. The van der Waals surface area contributed by atoms with Gasteiger partial charge < -0.3 is 40.4 Å². The van der Waals surface area contributed by atoms with Gasteiger partial charge in [0.1, 0.15) is 0 Å². The lowest BCUT2D eigenvalue weighted by Gasteiger charge is -2.06. The van der Waals surface area contributed by atoms with Crippen LogP contribution in [0.3, 0.4) is 0 Å². The molecule has 0 bridgehead atoms. The molecule has 0 radical (unpaired) electrons. The van der Waals surface area contributed by atoms with Gasteiger partial charge in [-0.1, -0.05) is 0 Å². The minimum Gasteiger partial charge on any atom is -1.00 e. The maximum atomic E-state index is 9.66. The van der Waals surface area contributed by atoms with Crippen molar-refractivity contribution in [3.63, 3.8) is 0 Å². The lowest BCUT2D eigenvalue weighted by atomic mass is 10.4. The molecule has 0 fully saturated rings. The first-order chi connectivity index (χ1) is 2.81. The normalized spacial score (nSPS) is 12.4. The van der Waals surface area contributed by atoms with Crippen molar-refractivity contribution in [3.8, 4) is 0 Å². The molecule has 4 N–H and O–H groups in total. The summed E-state index contributed by atoms with van der Waals surface area (Å²) >= 11 is 0. The molecule has 0 rings (SSSR count). The Hall–Kier alpha value is 0.610. The predicted octanol–water partition coefficient (Wildman–Crippen LogP) is -4.60. The van der Waals surface area contributed by atoms with Crippen molar-refractivity contribution >= 4 is 0 Å². The van der Waals surface area contributed by atoms with Crippen molar-refractivity contribution in [1.82, 2.24) is 0 Å². The lowest BCUT2D eigenvalue weighted by Crippen LogP contribution is -3.00. The number of hydroxylamine groups is 1. The van der Waals surface area contributed by atoms with Gasteiger partial charge in [0.15, 0.2) is 0 Å². The molecule has 0 aromatic heterocycles. The van der Waals surface area contributed by atoms with Crippen LogP contribution in [-0.2, 0) is 0 Å². The Labute approximate surface area is 60.3 Å². The summed E-state index contributed by atoms with van der Waals surface area (Å²) in [5.41, 5.74) is 5.90. The maximum absolute atomic E-state index is 9.66. The highest BCUT2D eigenvalue weighted by atomic mass is 127. The number of rotatable bonds is 2. The van der Waals surface area contributed by atoms with Crippen molar-refractivity contribution in [2.75, 3.05) is 6.54 Å². The molecule has 1 unspecified atom stereocenters. The molecule has 3 nitrogen and oxygen atoms in total. The fraction of sp³-hybridized carbons (Fsp3) is 1.00. The van der Waals surface area contributed by atoms with Crippen molar-refractivity contribution in [1.29, 1.82) is 0 Å². The van der Waals surface area contributed by atoms with E-state index in [1.165, 1.54) is 0 Å². The van der Waals surface area contributed by atoms with Gasteiger partial charge in [0.05, 0.1) is 6.04 Å². The average molecular weight is 217 g/mol. The van der Waals surface area contributed by atoms with Gasteiger partial charge in [0.2, 0.25) is 0 Å². The van der Waals surface area contributed by atoms with Crippen LogP contribution in [0.5, 0.6) is 0 Å². The molecule has 0 aliphatic heterocycles. The Morgan fingerprint density at radius 1 is 1.86 bits per heavy atom. The predicted molar refractivity (Wildman–Crippen MR) is 23.8 cm³/mol. The van der Waals surface area contributed by atoms with Crippen molar-refractivity contribution in [2.45, 2.75) is 13.0 Å². The van der Waals surface area contributed by atoms with Crippen LogP contribution in [0.1, 0.15) is 6.92 Å². The SMILES string of the molecule is CC(CN)[NH2+][O-].[I-]. The van der Waals surface area contributed by atoms with Crippen LogP contribution in [0.2, 0.25) is 0 Å². The van der Waals surface area contributed by atoms with E-state index < -0.39 is 0 Å². The van der Waals surface area contributed by atoms with E-state index in [0.29, 0.717) is 6.54 Å². The molecule has 0 aliphatic carbocycles. The fourth-order valence-electron chi connectivity index (χ4n) is 0.0556. The number of hydrogen-bond donors (Lipinski definition) is 2. The number of quaternary nitrogens is 1. The third-order valence-electron chi connectivity index (χ3n) is 0.604. The monoisotopic (exact) mass is 217 g/mol. The van der Waals surface area contributed by atoms with Crippen LogP contribution in [0, 0.1) is 5.21 Å². The zero-order valence-electron chi connectivity index (χ0n) is 4.23. The highest BCUT2D eigenvalue weighted by molar-refractivity contribution is 4.40. The van der Waals surface area contributed by atoms with Gasteiger partial charge in [-0.25, -0.2) is 0 Å². The molecule has 0 saturated heterocycles. The molecule has 0 amide bonds. The topological polar surface area (TPSA) is 65.7 Å². The summed E-state index contributed by atoms with van der Waals surface area (Å²) < 4.78 is 0. The van der Waals surface area contributed by atoms with Gasteiger partial charge in [0.25, 0.3) is 0 Å². The van der Waals surface area contributed by atoms with E-state index >= 15 is 0 Å². The molecule has 0 aromatic rings. The largest absolute Gasteiger partial charge is 1.00 e. The van der Waals surface area contributed by atoms with E-state index in [4.69, 9.17) is 5.73 Å². The van der Waals surface area contributed by atoms with Crippen LogP contribution in [0.4, 0.5) is 0 Å². The van der Waals surface area contributed by atoms with E-state index in [1.807, 2.05) is 0 Å². The Morgan fingerprint density at radius 2 is 2.29 bits per heavy atom. The van der Waals surface area contributed by atoms with Crippen molar-refractivity contribution in [3.05, 3.63) is 5.21 Å². The average Bonchev–Trinajstić information content (AvgIpc) is 1.65. The van der Waals surface area contributed by atoms with Crippen LogP contribution in [0.15, 0.2) is 0 Å². The van der Waals surface area contributed by atoms with Gasteiger partial charge in [-0.15, -0.1) is 0 Å². The van der Waals surface area contributed by atoms with E-state index in [-0.39, 0.29) is 30.0 Å². The molecule has 7 heavy (non-hydrogen) atoms. The fourth-order valence-corrected chi connectivity index (χ4v) is 0.0556. The van der Waals surface area contributed by atoms with Gasteiger partial charge in [0, 0.05) is 6.54 Å². The third-order valence-corrected chi connectivity index (χ3v) is 0.604. The highest BCUT2D eigenvalue weighted by Gasteiger charge is 1.88. The minimum atomic E-state index is 0. The Morgan fingerprint density at radius 3 is 2.29 bits per heavy atom. The molecule has 4 heteroatoms. The van der Waals surface area contributed by atoms with Gasteiger partial charge in [-0.2, -0.15) is 0 Å². The smallest absolute Gasteiger partial charge is 0.0951 e. The summed E-state index contributed by atoms with van der Waals surface area (Å²) in [6, 6.07) is 0.0324. The Bertz CT molecular complexity index is 32.1. The molecule has 46 valence electrons. The lowest BCUT2D eigenvalue weighted by molar-refractivity contribution is -0.620. The zero-order chi connectivity index (χ0) is 4.99. The zero-order valence-corrected chi connectivity index (χ0v) is 6.38. The quantitative estimate of drug-likeness (QED) is 0.361.